The van der Waals surface area contributed by atoms with Crippen LogP contribution in [0.2, 0.25) is 5.02 Å². The van der Waals surface area contributed by atoms with Crippen molar-refractivity contribution in [3.63, 3.8) is 0 Å². The van der Waals surface area contributed by atoms with Gasteiger partial charge in [0.05, 0.1) is 18.9 Å². The third kappa shape index (κ3) is 4.02. The Hall–Kier alpha value is -1.63. The number of hydrogen-bond acceptors (Lipinski definition) is 4. The van der Waals surface area contributed by atoms with Crippen LogP contribution in [0.25, 0.3) is 5.65 Å². The van der Waals surface area contributed by atoms with Crippen molar-refractivity contribution in [2.24, 2.45) is 0 Å². The van der Waals surface area contributed by atoms with Gasteiger partial charge in [-0.3, -0.25) is 9.20 Å². The molecule has 0 aliphatic rings. The molecule has 2 heterocycles. The number of nitrogens with zero attached hydrogens (tertiary/aromatic N) is 3. The Labute approximate surface area is 141 Å². The standard InChI is InChI=1S/C16H22ClN3O3/c1-4-13-15(20-6-5-12(17)11-14(20)18-13)16(21)19(7-9-22-2)8-10-23-3/h5-6,11H,4,7-10H2,1-3H3. The van der Waals surface area contributed by atoms with Crippen LogP contribution in [-0.2, 0) is 15.9 Å². The topological polar surface area (TPSA) is 56.1 Å². The normalized spacial score (nSPS) is 11.1. The van der Waals surface area contributed by atoms with Crippen LogP contribution in [0.3, 0.4) is 0 Å². The van der Waals surface area contributed by atoms with Crippen molar-refractivity contribution < 1.29 is 14.3 Å². The smallest absolute Gasteiger partial charge is 0.272 e. The first-order valence-electron chi connectivity index (χ1n) is 7.56. The van der Waals surface area contributed by atoms with E-state index in [1.807, 2.05) is 6.92 Å². The van der Waals surface area contributed by atoms with E-state index < -0.39 is 0 Å². The molecule has 23 heavy (non-hydrogen) atoms. The van der Waals surface area contributed by atoms with Crippen molar-refractivity contribution in [3.05, 3.63) is 34.7 Å². The lowest BCUT2D eigenvalue weighted by molar-refractivity contribution is 0.0619. The van der Waals surface area contributed by atoms with Crippen LogP contribution in [0.5, 0.6) is 0 Å². The average molecular weight is 340 g/mol. The molecule has 0 fully saturated rings. The van der Waals surface area contributed by atoms with Crippen LogP contribution in [-0.4, -0.2) is 60.7 Å². The lowest BCUT2D eigenvalue weighted by Crippen LogP contribution is -2.37. The Bertz CT molecular complexity index is 664. The summed E-state index contributed by atoms with van der Waals surface area (Å²) in [6.45, 7) is 3.93. The number of halogens is 1. The fourth-order valence-corrected chi connectivity index (χ4v) is 2.56. The van der Waals surface area contributed by atoms with Gasteiger partial charge in [0.25, 0.3) is 5.91 Å². The van der Waals surface area contributed by atoms with Gasteiger partial charge in [0, 0.05) is 44.6 Å². The first kappa shape index (κ1) is 17.7. The summed E-state index contributed by atoms with van der Waals surface area (Å²) < 4.78 is 12.0. The fraction of sp³-hybridized carbons (Fsp3) is 0.500. The summed E-state index contributed by atoms with van der Waals surface area (Å²) in [6, 6.07) is 3.51. The van der Waals surface area contributed by atoms with Crippen molar-refractivity contribution >= 4 is 23.2 Å². The first-order chi connectivity index (χ1) is 11.1. The molecule has 0 aliphatic heterocycles. The molecule has 0 radical (unpaired) electrons. The van der Waals surface area contributed by atoms with Crippen LogP contribution in [0.4, 0.5) is 0 Å². The summed E-state index contributed by atoms with van der Waals surface area (Å²) in [4.78, 5) is 19.3. The number of carbonyl (C=O) groups is 1. The molecule has 0 atom stereocenters. The summed E-state index contributed by atoms with van der Waals surface area (Å²) >= 11 is 6.02. The Kier molecular flexibility index (Phi) is 6.38. The second-order valence-corrected chi connectivity index (χ2v) is 5.55. The van der Waals surface area contributed by atoms with Gasteiger partial charge in [0.1, 0.15) is 11.3 Å². The van der Waals surface area contributed by atoms with E-state index >= 15 is 0 Å². The van der Waals surface area contributed by atoms with Gasteiger partial charge in [-0.1, -0.05) is 18.5 Å². The Morgan fingerprint density at radius 1 is 1.30 bits per heavy atom. The zero-order valence-electron chi connectivity index (χ0n) is 13.7. The lowest BCUT2D eigenvalue weighted by Gasteiger charge is -2.22. The number of fused-ring (bicyclic) bond motifs is 1. The van der Waals surface area contributed by atoms with Crippen molar-refractivity contribution in [3.8, 4) is 0 Å². The molecule has 7 heteroatoms. The van der Waals surface area contributed by atoms with Crippen LogP contribution < -0.4 is 0 Å². The van der Waals surface area contributed by atoms with E-state index in [-0.39, 0.29) is 5.91 Å². The number of pyridine rings is 1. The minimum atomic E-state index is -0.0780. The zero-order chi connectivity index (χ0) is 16.8. The van der Waals surface area contributed by atoms with E-state index in [9.17, 15) is 4.79 Å². The summed E-state index contributed by atoms with van der Waals surface area (Å²) in [5.41, 5.74) is 2.01. The Morgan fingerprint density at radius 2 is 1.96 bits per heavy atom. The minimum Gasteiger partial charge on any atom is -0.383 e. The van der Waals surface area contributed by atoms with Gasteiger partial charge in [0.2, 0.25) is 0 Å². The number of hydrogen-bond donors (Lipinski definition) is 0. The highest BCUT2D eigenvalue weighted by atomic mass is 35.5. The molecule has 126 valence electrons. The van der Waals surface area contributed by atoms with Gasteiger partial charge >= 0.3 is 0 Å². The molecule has 0 saturated heterocycles. The quantitative estimate of drug-likeness (QED) is 0.740. The molecule has 1 amide bonds. The summed E-state index contributed by atoms with van der Waals surface area (Å²) in [7, 11) is 3.24. The van der Waals surface area contributed by atoms with E-state index in [1.54, 1.807) is 41.8 Å². The summed E-state index contributed by atoms with van der Waals surface area (Å²) in [5, 5.41) is 0.597. The third-order valence-corrected chi connectivity index (χ3v) is 3.85. The van der Waals surface area contributed by atoms with Crippen LogP contribution in [0, 0.1) is 0 Å². The van der Waals surface area contributed by atoms with Gasteiger partial charge in [0.15, 0.2) is 0 Å². The minimum absolute atomic E-state index is 0.0780. The third-order valence-electron chi connectivity index (χ3n) is 3.62. The lowest BCUT2D eigenvalue weighted by atomic mass is 10.2. The summed E-state index contributed by atoms with van der Waals surface area (Å²) in [6.07, 6.45) is 2.45. The predicted octanol–water partition coefficient (Wildman–Crippen LogP) is 2.29. The number of imidazole rings is 1. The van der Waals surface area contributed by atoms with Crippen LogP contribution >= 0.6 is 11.6 Å². The maximum Gasteiger partial charge on any atom is 0.272 e. The van der Waals surface area contributed by atoms with Crippen molar-refractivity contribution in [2.75, 3.05) is 40.5 Å². The van der Waals surface area contributed by atoms with E-state index in [4.69, 9.17) is 21.1 Å². The van der Waals surface area contributed by atoms with E-state index in [2.05, 4.69) is 4.98 Å². The largest absolute Gasteiger partial charge is 0.383 e. The van der Waals surface area contributed by atoms with Gasteiger partial charge in [-0.15, -0.1) is 0 Å². The molecule has 2 rings (SSSR count). The maximum absolute atomic E-state index is 13.0. The number of amides is 1. The second kappa shape index (κ2) is 8.29. The number of aryl methyl sites for hydroxylation is 1. The van der Waals surface area contributed by atoms with Gasteiger partial charge < -0.3 is 14.4 Å². The predicted molar refractivity (Wildman–Crippen MR) is 89.2 cm³/mol. The average Bonchev–Trinajstić information content (AvgIpc) is 2.91. The van der Waals surface area contributed by atoms with Gasteiger partial charge in [-0.05, 0) is 12.5 Å². The Balaban J connectivity index is 2.40. The van der Waals surface area contributed by atoms with Crippen molar-refractivity contribution in [1.82, 2.24) is 14.3 Å². The van der Waals surface area contributed by atoms with Crippen molar-refractivity contribution in [1.29, 1.82) is 0 Å². The zero-order valence-corrected chi connectivity index (χ0v) is 14.5. The number of carbonyl (C=O) groups excluding carboxylic acids is 1. The molecule has 0 spiro atoms. The SMILES string of the molecule is CCc1nc2cc(Cl)ccn2c1C(=O)N(CCOC)CCOC. The van der Waals surface area contributed by atoms with Gasteiger partial charge in [-0.25, -0.2) is 4.98 Å². The molecule has 6 nitrogen and oxygen atoms in total. The molecule has 0 aliphatic carbocycles. The van der Waals surface area contributed by atoms with E-state index in [0.29, 0.717) is 49.1 Å². The van der Waals surface area contributed by atoms with Crippen LogP contribution in [0.1, 0.15) is 23.1 Å². The van der Waals surface area contributed by atoms with E-state index in [1.165, 1.54) is 0 Å². The summed E-state index contributed by atoms with van der Waals surface area (Å²) in [5.74, 6) is -0.0780. The number of rotatable bonds is 8. The fourth-order valence-electron chi connectivity index (χ4n) is 2.41. The number of methoxy groups -OCH3 is 2. The van der Waals surface area contributed by atoms with Crippen molar-refractivity contribution in [2.45, 2.75) is 13.3 Å². The van der Waals surface area contributed by atoms with E-state index in [0.717, 1.165) is 5.69 Å². The first-order valence-corrected chi connectivity index (χ1v) is 7.93. The van der Waals surface area contributed by atoms with Gasteiger partial charge in [-0.2, -0.15) is 0 Å². The molecule has 0 unspecified atom stereocenters. The molecule has 0 saturated carbocycles. The molecule has 0 aromatic carbocycles. The molecule has 2 aromatic heterocycles. The maximum atomic E-state index is 13.0. The molecular formula is C16H22ClN3O3. The van der Waals surface area contributed by atoms with Crippen LogP contribution in [0.15, 0.2) is 18.3 Å². The molecular weight excluding hydrogens is 318 g/mol. The molecule has 2 aromatic rings. The monoisotopic (exact) mass is 339 g/mol. The highest BCUT2D eigenvalue weighted by Gasteiger charge is 2.23. The highest BCUT2D eigenvalue weighted by Crippen LogP contribution is 2.19. The highest BCUT2D eigenvalue weighted by molar-refractivity contribution is 6.30. The second-order valence-electron chi connectivity index (χ2n) is 5.11. The number of ether oxygens (including phenoxy) is 2. The number of aromatic nitrogens is 2. The Morgan fingerprint density at radius 3 is 2.52 bits per heavy atom. The molecule has 0 N–H and O–H groups in total. The molecule has 0 bridgehead atoms.